The number of likely N-dealkylation sites (tertiary alicyclic amines) is 1. The Morgan fingerprint density at radius 2 is 2.14 bits per heavy atom. The largest absolute Gasteiger partial charge is 0.376 e. The molecule has 2 aromatic rings. The van der Waals surface area contributed by atoms with Crippen LogP contribution in [0.4, 0.5) is 5.69 Å². The van der Waals surface area contributed by atoms with Crippen molar-refractivity contribution < 1.29 is 4.79 Å². The minimum atomic E-state index is -0.161. The molecule has 3 rings (SSSR count). The molecule has 2 aromatic heterocycles. The van der Waals surface area contributed by atoms with Crippen molar-refractivity contribution in [2.24, 2.45) is 0 Å². The lowest BCUT2D eigenvalue weighted by molar-refractivity contribution is -0.127. The highest BCUT2D eigenvalue weighted by Gasteiger charge is 2.23. The number of piperidine rings is 1. The number of amides is 1. The normalized spacial score (nSPS) is 17.1. The monoisotopic (exact) mass is 395 g/mol. The Morgan fingerprint density at radius 1 is 1.34 bits per heavy atom. The van der Waals surface area contributed by atoms with E-state index in [2.05, 4.69) is 34.4 Å². The van der Waals surface area contributed by atoms with Gasteiger partial charge in [-0.3, -0.25) is 14.6 Å². The van der Waals surface area contributed by atoms with E-state index in [-0.39, 0.29) is 17.5 Å². The van der Waals surface area contributed by atoms with Crippen molar-refractivity contribution in [3.05, 3.63) is 59.3 Å². The zero-order chi connectivity index (χ0) is 20.6. The SMILES string of the molecule is CC(C)NC/C=C/C(=O)N1CCCC(Nc2cc(-c3ccncc3)c[nH]c2=O)C1. The van der Waals surface area contributed by atoms with Crippen LogP contribution in [0.1, 0.15) is 26.7 Å². The molecule has 1 atom stereocenters. The van der Waals surface area contributed by atoms with Gasteiger partial charge in [-0.1, -0.05) is 19.9 Å². The molecule has 3 heterocycles. The summed E-state index contributed by atoms with van der Waals surface area (Å²) < 4.78 is 0. The van der Waals surface area contributed by atoms with Crippen LogP contribution in [0.5, 0.6) is 0 Å². The zero-order valence-corrected chi connectivity index (χ0v) is 17.0. The molecule has 1 unspecified atom stereocenters. The van der Waals surface area contributed by atoms with E-state index in [0.717, 1.165) is 30.5 Å². The fourth-order valence-corrected chi connectivity index (χ4v) is 3.39. The van der Waals surface area contributed by atoms with E-state index >= 15 is 0 Å². The van der Waals surface area contributed by atoms with Gasteiger partial charge < -0.3 is 20.5 Å². The van der Waals surface area contributed by atoms with Gasteiger partial charge in [-0.05, 0) is 36.6 Å². The molecule has 0 spiro atoms. The Kier molecular flexibility index (Phi) is 7.19. The fourth-order valence-electron chi connectivity index (χ4n) is 3.39. The van der Waals surface area contributed by atoms with Gasteiger partial charge in [-0.2, -0.15) is 0 Å². The third-order valence-corrected chi connectivity index (χ3v) is 4.91. The second-order valence-corrected chi connectivity index (χ2v) is 7.60. The summed E-state index contributed by atoms with van der Waals surface area (Å²) in [5.41, 5.74) is 2.26. The molecule has 1 aliphatic rings. The number of rotatable bonds is 7. The van der Waals surface area contributed by atoms with Crippen molar-refractivity contribution in [3.63, 3.8) is 0 Å². The number of nitrogens with one attached hydrogen (secondary N) is 3. The van der Waals surface area contributed by atoms with E-state index in [4.69, 9.17) is 0 Å². The first-order valence-electron chi connectivity index (χ1n) is 10.1. The molecule has 0 saturated carbocycles. The molecule has 0 bridgehead atoms. The van der Waals surface area contributed by atoms with Crippen molar-refractivity contribution >= 4 is 11.6 Å². The topological polar surface area (TPSA) is 90.1 Å². The Balaban J connectivity index is 1.63. The van der Waals surface area contributed by atoms with Crippen molar-refractivity contribution in [3.8, 4) is 11.1 Å². The first kappa shape index (κ1) is 20.8. The lowest BCUT2D eigenvalue weighted by atomic mass is 10.0. The summed E-state index contributed by atoms with van der Waals surface area (Å²) in [4.78, 5) is 33.4. The third-order valence-electron chi connectivity index (χ3n) is 4.91. The standard InChI is InChI=1S/C22H29N5O2/c1-16(2)24-9-3-6-21(28)27-12-4-5-19(15-27)26-20-13-18(14-25-22(20)29)17-7-10-23-11-8-17/h3,6-8,10-11,13-14,16,19,24,26H,4-5,9,12,15H2,1-2H3,(H,25,29)/b6-3+. The van der Waals surface area contributed by atoms with E-state index in [1.165, 1.54) is 0 Å². The average molecular weight is 396 g/mol. The first-order chi connectivity index (χ1) is 14.0. The van der Waals surface area contributed by atoms with Gasteiger partial charge in [-0.25, -0.2) is 0 Å². The summed E-state index contributed by atoms with van der Waals surface area (Å²) in [6.07, 6.45) is 10.5. The predicted molar refractivity (Wildman–Crippen MR) is 116 cm³/mol. The average Bonchev–Trinajstić information content (AvgIpc) is 2.73. The molecule has 7 heteroatoms. The molecule has 1 saturated heterocycles. The molecule has 0 aromatic carbocycles. The maximum Gasteiger partial charge on any atom is 0.271 e. The van der Waals surface area contributed by atoms with Gasteiger partial charge in [0.25, 0.3) is 5.56 Å². The van der Waals surface area contributed by atoms with Crippen LogP contribution in [0.3, 0.4) is 0 Å². The number of carbonyl (C=O) groups is 1. The number of pyridine rings is 2. The molecule has 29 heavy (non-hydrogen) atoms. The third kappa shape index (κ3) is 6.02. The van der Waals surface area contributed by atoms with Gasteiger partial charge in [-0.15, -0.1) is 0 Å². The van der Waals surface area contributed by atoms with Crippen molar-refractivity contribution in [1.82, 2.24) is 20.2 Å². The van der Waals surface area contributed by atoms with Crippen LogP contribution < -0.4 is 16.2 Å². The number of nitrogens with zero attached hydrogens (tertiary/aromatic N) is 2. The molecule has 0 aliphatic carbocycles. The van der Waals surface area contributed by atoms with Crippen LogP contribution >= 0.6 is 0 Å². The molecular formula is C22H29N5O2. The molecule has 1 amide bonds. The maximum absolute atomic E-state index is 12.5. The molecule has 3 N–H and O–H groups in total. The lowest BCUT2D eigenvalue weighted by Gasteiger charge is -2.33. The van der Waals surface area contributed by atoms with E-state index < -0.39 is 0 Å². The van der Waals surface area contributed by atoms with Crippen LogP contribution in [0, 0.1) is 0 Å². The molecule has 1 fully saturated rings. The fraction of sp³-hybridized carbons (Fsp3) is 0.409. The van der Waals surface area contributed by atoms with Gasteiger partial charge >= 0.3 is 0 Å². The highest BCUT2D eigenvalue weighted by atomic mass is 16.2. The van der Waals surface area contributed by atoms with Gasteiger partial charge in [0, 0.05) is 61.9 Å². The number of carbonyl (C=O) groups excluding carboxylic acids is 1. The van der Waals surface area contributed by atoms with Crippen molar-refractivity contribution in [2.45, 2.75) is 38.8 Å². The minimum absolute atomic E-state index is 0.0153. The minimum Gasteiger partial charge on any atom is -0.376 e. The van der Waals surface area contributed by atoms with E-state index in [0.29, 0.717) is 24.8 Å². The van der Waals surface area contributed by atoms with Crippen molar-refractivity contribution in [2.75, 3.05) is 25.0 Å². The molecule has 7 nitrogen and oxygen atoms in total. The van der Waals surface area contributed by atoms with Crippen LogP contribution in [-0.4, -0.2) is 52.5 Å². The van der Waals surface area contributed by atoms with Crippen LogP contribution in [0.2, 0.25) is 0 Å². The zero-order valence-electron chi connectivity index (χ0n) is 17.0. The smallest absolute Gasteiger partial charge is 0.271 e. The predicted octanol–water partition coefficient (Wildman–Crippen LogP) is 2.39. The molecule has 154 valence electrons. The Hall–Kier alpha value is -2.93. The van der Waals surface area contributed by atoms with E-state index in [1.807, 2.05) is 29.2 Å². The van der Waals surface area contributed by atoms with Gasteiger partial charge in [0.1, 0.15) is 5.69 Å². The quantitative estimate of drug-likeness (QED) is 0.627. The number of anilines is 1. The van der Waals surface area contributed by atoms with Crippen LogP contribution in [0.15, 0.2) is 53.7 Å². The highest BCUT2D eigenvalue weighted by Crippen LogP contribution is 2.20. The Morgan fingerprint density at radius 3 is 2.90 bits per heavy atom. The van der Waals surface area contributed by atoms with Crippen molar-refractivity contribution in [1.29, 1.82) is 0 Å². The summed E-state index contributed by atoms with van der Waals surface area (Å²) in [5.74, 6) is 0.0153. The van der Waals surface area contributed by atoms with E-state index in [9.17, 15) is 9.59 Å². The number of H-pyrrole nitrogens is 1. The summed E-state index contributed by atoms with van der Waals surface area (Å²) >= 11 is 0. The highest BCUT2D eigenvalue weighted by molar-refractivity contribution is 5.87. The number of hydrogen-bond donors (Lipinski definition) is 3. The Labute approximate surface area is 171 Å². The van der Waals surface area contributed by atoms with Crippen LogP contribution in [-0.2, 0) is 4.79 Å². The Bertz CT molecular complexity index is 892. The number of aromatic nitrogens is 2. The van der Waals surface area contributed by atoms with Crippen LogP contribution in [0.25, 0.3) is 11.1 Å². The second-order valence-electron chi connectivity index (χ2n) is 7.60. The first-order valence-corrected chi connectivity index (χ1v) is 10.1. The number of hydrogen-bond acceptors (Lipinski definition) is 5. The summed E-state index contributed by atoms with van der Waals surface area (Å²) in [7, 11) is 0. The van der Waals surface area contributed by atoms with Gasteiger partial charge in [0.15, 0.2) is 0 Å². The number of aromatic amines is 1. The van der Waals surface area contributed by atoms with E-state index in [1.54, 1.807) is 24.7 Å². The second kappa shape index (κ2) is 10.0. The summed E-state index contributed by atoms with van der Waals surface area (Å²) in [5, 5.41) is 6.59. The lowest BCUT2D eigenvalue weighted by Crippen LogP contribution is -2.45. The molecular weight excluding hydrogens is 366 g/mol. The molecule has 0 radical (unpaired) electrons. The summed E-state index contributed by atoms with van der Waals surface area (Å²) in [6.45, 7) is 6.14. The van der Waals surface area contributed by atoms with Gasteiger partial charge in [0.05, 0.1) is 0 Å². The van der Waals surface area contributed by atoms with Gasteiger partial charge in [0.2, 0.25) is 5.91 Å². The molecule has 1 aliphatic heterocycles. The maximum atomic E-state index is 12.5. The summed E-state index contributed by atoms with van der Waals surface area (Å²) in [6, 6.07) is 6.09.